The second-order valence-corrected chi connectivity index (χ2v) is 11.2. The minimum atomic E-state index is -3.69. The first-order chi connectivity index (χ1) is 16.7. The normalized spacial score (nSPS) is 20.1. The van der Waals surface area contributed by atoms with Gasteiger partial charge in [0.25, 0.3) is 0 Å². The molecule has 2 saturated heterocycles. The molecule has 0 bridgehead atoms. The number of hydrogen-bond acceptors (Lipinski definition) is 5. The number of benzene rings is 2. The highest BCUT2D eigenvalue weighted by molar-refractivity contribution is 7.89. The first kappa shape index (κ1) is 25.3. The number of nitrogens with zero attached hydrogens (tertiary/aromatic N) is 2. The van der Waals surface area contributed by atoms with Gasteiger partial charge in [0.15, 0.2) is 0 Å². The Morgan fingerprint density at radius 3 is 2.60 bits per heavy atom. The monoisotopic (exact) mass is 499 g/mol. The van der Waals surface area contributed by atoms with E-state index in [9.17, 15) is 18.0 Å². The van der Waals surface area contributed by atoms with Crippen LogP contribution in [-0.4, -0.2) is 57.4 Å². The lowest BCUT2D eigenvalue weighted by Gasteiger charge is -2.26. The van der Waals surface area contributed by atoms with E-state index in [0.29, 0.717) is 44.5 Å². The largest absolute Gasteiger partial charge is 0.379 e. The number of amides is 2. The Labute approximate surface area is 207 Å². The van der Waals surface area contributed by atoms with Gasteiger partial charge in [-0.05, 0) is 48.6 Å². The molecule has 9 heteroatoms. The summed E-state index contributed by atoms with van der Waals surface area (Å²) in [4.78, 5) is 27.9. The number of aryl methyl sites for hydroxylation is 1. The van der Waals surface area contributed by atoms with Crippen LogP contribution < -0.4 is 10.2 Å². The van der Waals surface area contributed by atoms with Crippen LogP contribution in [0.4, 0.5) is 11.4 Å². The Morgan fingerprint density at radius 1 is 1.17 bits per heavy atom. The van der Waals surface area contributed by atoms with E-state index in [1.807, 2.05) is 31.2 Å². The maximum Gasteiger partial charge on any atom is 0.243 e. The second-order valence-electron chi connectivity index (χ2n) is 9.26. The molecule has 35 heavy (non-hydrogen) atoms. The Hall–Kier alpha value is -2.75. The molecule has 2 aliphatic heterocycles. The third-order valence-corrected chi connectivity index (χ3v) is 8.84. The van der Waals surface area contributed by atoms with Crippen LogP contribution in [0.1, 0.15) is 43.7 Å². The van der Waals surface area contributed by atoms with Crippen LogP contribution in [0, 0.1) is 12.8 Å². The van der Waals surface area contributed by atoms with Gasteiger partial charge in [-0.1, -0.05) is 38.1 Å². The highest BCUT2D eigenvalue weighted by Gasteiger charge is 2.36. The average Bonchev–Trinajstić information content (AvgIpc) is 3.26. The smallest absolute Gasteiger partial charge is 0.243 e. The number of anilines is 2. The van der Waals surface area contributed by atoms with E-state index in [-0.39, 0.29) is 23.1 Å². The van der Waals surface area contributed by atoms with Gasteiger partial charge in [-0.3, -0.25) is 9.59 Å². The molecule has 8 nitrogen and oxygen atoms in total. The summed E-state index contributed by atoms with van der Waals surface area (Å²) in [7, 11) is -3.69. The molecule has 2 aliphatic rings. The van der Waals surface area contributed by atoms with Crippen LogP contribution in [0.15, 0.2) is 47.4 Å². The zero-order valence-corrected chi connectivity index (χ0v) is 21.3. The summed E-state index contributed by atoms with van der Waals surface area (Å²) in [6.07, 6.45) is 1.07. The predicted octanol–water partition coefficient (Wildman–Crippen LogP) is 3.52. The van der Waals surface area contributed by atoms with Crippen molar-refractivity contribution < 1.29 is 22.7 Å². The highest BCUT2D eigenvalue weighted by atomic mass is 32.2. The van der Waals surface area contributed by atoms with Gasteiger partial charge >= 0.3 is 0 Å². The molecule has 2 unspecified atom stereocenters. The summed E-state index contributed by atoms with van der Waals surface area (Å²) in [5, 5.41) is 2.88. The van der Waals surface area contributed by atoms with Crippen molar-refractivity contribution >= 4 is 33.2 Å². The fourth-order valence-corrected chi connectivity index (χ4v) is 5.99. The minimum Gasteiger partial charge on any atom is -0.379 e. The lowest BCUT2D eigenvalue weighted by molar-refractivity contribution is -0.122. The summed E-state index contributed by atoms with van der Waals surface area (Å²) in [6.45, 7) is 7.68. The number of carbonyl (C=O) groups is 2. The molecule has 2 aromatic carbocycles. The van der Waals surface area contributed by atoms with Crippen molar-refractivity contribution in [3.8, 4) is 0 Å². The van der Waals surface area contributed by atoms with Gasteiger partial charge in [-0.25, -0.2) is 8.42 Å². The molecule has 0 spiro atoms. The molecule has 2 amide bonds. The number of carbonyl (C=O) groups excluding carboxylic acids is 2. The molecule has 2 aromatic rings. The SMILES string of the molecule is CCC(C)c1ccccc1N1CC(C(=O)Nc2cc(S(=O)(=O)N3CCOCC3)ccc2C)CC1=O. The number of nitrogens with one attached hydrogen (secondary N) is 1. The molecule has 0 saturated carbocycles. The highest BCUT2D eigenvalue weighted by Crippen LogP contribution is 2.34. The number of para-hydroxylation sites is 1. The van der Waals surface area contributed by atoms with Crippen LogP contribution in [0.2, 0.25) is 0 Å². The first-order valence-corrected chi connectivity index (χ1v) is 13.5. The van der Waals surface area contributed by atoms with E-state index in [4.69, 9.17) is 4.74 Å². The average molecular weight is 500 g/mol. The molecule has 0 aliphatic carbocycles. The molecule has 0 aromatic heterocycles. The molecule has 2 atom stereocenters. The first-order valence-electron chi connectivity index (χ1n) is 12.1. The second kappa shape index (κ2) is 10.5. The summed E-state index contributed by atoms with van der Waals surface area (Å²) in [5.41, 5.74) is 3.15. The Kier molecular flexibility index (Phi) is 7.59. The Bertz CT molecular complexity index is 1210. The lowest BCUT2D eigenvalue weighted by Crippen LogP contribution is -2.40. The molecule has 2 heterocycles. The van der Waals surface area contributed by atoms with Crippen molar-refractivity contribution in [3.05, 3.63) is 53.6 Å². The molecule has 4 rings (SSSR count). The summed E-state index contributed by atoms with van der Waals surface area (Å²) < 4.78 is 32.8. The van der Waals surface area contributed by atoms with Crippen LogP contribution in [0.3, 0.4) is 0 Å². The zero-order chi connectivity index (χ0) is 25.2. The van der Waals surface area contributed by atoms with Crippen molar-refractivity contribution in [2.45, 2.75) is 44.4 Å². The van der Waals surface area contributed by atoms with E-state index in [1.165, 1.54) is 10.4 Å². The summed E-state index contributed by atoms with van der Waals surface area (Å²) in [5.74, 6) is -0.593. The maximum absolute atomic E-state index is 13.2. The molecule has 188 valence electrons. The quantitative estimate of drug-likeness (QED) is 0.629. The van der Waals surface area contributed by atoms with Crippen LogP contribution in [0.5, 0.6) is 0 Å². The summed E-state index contributed by atoms with van der Waals surface area (Å²) in [6, 6.07) is 12.6. The van der Waals surface area contributed by atoms with E-state index in [2.05, 4.69) is 19.2 Å². The molecule has 1 N–H and O–H groups in total. The molecule has 2 fully saturated rings. The van der Waals surface area contributed by atoms with Gasteiger partial charge in [-0.2, -0.15) is 4.31 Å². The van der Waals surface area contributed by atoms with Crippen LogP contribution in [-0.2, 0) is 24.3 Å². The van der Waals surface area contributed by atoms with E-state index >= 15 is 0 Å². The van der Waals surface area contributed by atoms with Gasteiger partial charge in [0.2, 0.25) is 21.8 Å². The summed E-state index contributed by atoms with van der Waals surface area (Å²) >= 11 is 0. The van der Waals surface area contributed by atoms with Crippen LogP contribution in [0.25, 0.3) is 0 Å². The third kappa shape index (κ3) is 5.27. The van der Waals surface area contributed by atoms with Crippen molar-refractivity contribution in [1.82, 2.24) is 4.31 Å². The van der Waals surface area contributed by atoms with E-state index in [0.717, 1.165) is 23.2 Å². The van der Waals surface area contributed by atoms with Crippen LogP contribution >= 0.6 is 0 Å². The van der Waals surface area contributed by atoms with Gasteiger partial charge in [-0.15, -0.1) is 0 Å². The Balaban J connectivity index is 1.51. The standard InChI is InChI=1S/C26H33N3O5S/c1-4-18(2)22-7-5-6-8-24(22)29-17-20(15-25(29)30)26(31)27-23-16-21(10-9-19(23)3)35(32,33)28-11-13-34-14-12-28/h5-10,16,18,20H,4,11-15,17H2,1-3H3,(H,27,31). The lowest BCUT2D eigenvalue weighted by atomic mass is 9.96. The van der Waals surface area contributed by atoms with Crippen molar-refractivity contribution in [1.29, 1.82) is 0 Å². The molecule has 0 radical (unpaired) electrons. The number of morpholine rings is 1. The van der Waals surface area contributed by atoms with Crippen molar-refractivity contribution in [3.63, 3.8) is 0 Å². The number of ether oxygens (including phenoxy) is 1. The van der Waals surface area contributed by atoms with Gasteiger partial charge < -0.3 is 15.0 Å². The minimum absolute atomic E-state index is 0.0822. The fraction of sp³-hybridized carbons (Fsp3) is 0.462. The van der Waals surface area contributed by atoms with E-state index in [1.54, 1.807) is 17.0 Å². The number of hydrogen-bond donors (Lipinski definition) is 1. The van der Waals surface area contributed by atoms with E-state index < -0.39 is 15.9 Å². The number of sulfonamides is 1. The topological polar surface area (TPSA) is 96.0 Å². The van der Waals surface area contributed by atoms with Crippen molar-refractivity contribution in [2.24, 2.45) is 5.92 Å². The predicted molar refractivity (Wildman–Crippen MR) is 135 cm³/mol. The number of rotatable bonds is 7. The van der Waals surface area contributed by atoms with Gasteiger partial charge in [0, 0.05) is 37.4 Å². The third-order valence-electron chi connectivity index (χ3n) is 6.94. The molecular formula is C26H33N3O5S. The van der Waals surface area contributed by atoms with Gasteiger partial charge in [0.1, 0.15) is 0 Å². The zero-order valence-electron chi connectivity index (χ0n) is 20.5. The Morgan fingerprint density at radius 2 is 1.89 bits per heavy atom. The van der Waals surface area contributed by atoms with Gasteiger partial charge in [0.05, 0.1) is 24.0 Å². The molecular weight excluding hydrogens is 466 g/mol. The van der Waals surface area contributed by atoms with Crippen molar-refractivity contribution in [2.75, 3.05) is 43.1 Å². The maximum atomic E-state index is 13.2. The fourth-order valence-electron chi connectivity index (χ4n) is 4.55.